The summed E-state index contributed by atoms with van der Waals surface area (Å²) in [6.07, 6.45) is 5.30. The van der Waals surface area contributed by atoms with Crippen molar-refractivity contribution in [2.45, 2.75) is 32.7 Å². The van der Waals surface area contributed by atoms with Gasteiger partial charge in [0.15, 0.2) is 0 Å². The molecule has 1 unspecified atom stereocenters. The van der Waals surface area contributed by atoms with E-state index in [0.717, 1.165) is 44.7 Å². The molecule has 1 aliphatic rings. The van der Waals surface area contributed by atoms with Crippen molar-refractivity contribution in [3.63, 3.8) is 0 Å². The number of benzene rings is 1. The fraction of sp³-hybridized carbons (Fsp3) is 0.571. The number of likely N-dealkylation sites (tertiary alicyclic amines) is 1. The summed E-state index contributed by atoms with van der Waals surface area (Å²) in [4.78, 5) is 4.92. The lowest BCUT2D eigenvalue weighted by molar-refractivity contribution is 0.142. The van der Waals surface area contributed by atoms with Crippen molar-refractivity contribution in [2.24, 2.45) is 13.0 Å². The molecule has 4 nitrogen and oxygen atoms in total. The molecular weight excluding hydrogens is 327 g/mol. The van der Waals surface area contributed by atoms with Crippen LogP contribution in [0.5, 0.6) is 0 Å². The minimum Gasteiger partial charge on any atom is -0.303 e. The Kier molecular flexibility index (Phi) is 6.43. The van der Waals surface area contributed by atoms with Gasteiger partial charge in [-0.2, -0.15) is 5.10 Å². The van der Waals surface area contributed by atoms with Crippen LogP contribution in [-0.2, 0) is 20.0 Å². The molecule has 5 heteroatoms. The van der Waals surface area contributed by atoms with Gasteiger partial charge in [0.25, 0.3) is 0 Å². The topological polar surface area (TPSA) is 24.3 Å². The Balaban J connectivity index is 1.47. The summed E-state index contributed by atoms with van der Waals surface area (Å²) in [6.45, 7) is 7.38. The van der Waals surface area contributed by atoms with Crippen LogP contribution in [0.15, 0.2) is 30.5 Å². The molecular formula is C21H31FN4. The van der Waals surface area contributed by atoms with Crippen LogP contribution >= 0.6 is 0 Å². The third-order valence-corrected chi connectivity index (χ3v) is 5.61. The summed E-state index contributed by atoms with van der Waals surface area (Å²) in [7, 11) is 4.19. The SMILES string of the molecule is Cc1c(CN(C)CC2CCCN(CCc3ccccc3F)C2)cnn1C. The highest BCUT2D eigenvalue weighted by atomic mass is 19.1. The standard InChI is InChI=1S/C21H31FN4/c1-17-20(13-23-25(17)3)16-24(2)14-18-7-6-11-26(15-18)12-10-19-8-4-5-9-21(19)22/h4-5,8-9,13,18H,6-7,10-12,14-16H2,1-3H3. The molecule has 0 aliphatic carbocycles. The van der Waals surface area contributed by atoms with Gasteiger partial charge in [-0.3, -0.25) is 4.68 Å². The average Bonchev–Trinajstić information content (AvgIpc) is 2.93. The first kappa shape index (κ1) is 19.1. The quantitative estimate of drug-likeness (QED) is 0.759. The van der Waals surface area contributed by atoms with Crippen molar-refractivity contribution < 1.29 is 4.39 Å². The molecule has 0 N–H and O–H groups in total. The van der Waals surface area contributed by atoms with Gasteiger partial charge in [0.05, 0.1) is 6.20 Å². The summed E-state index contributed by atoms with van der Waals surface area (Å²) in [5, 5.41) is 4.34. The predicted molar refractivity (Wildman–Crippen MR) is 104 cm³/mol. The zero-order valence-corrected chi connectivity index (χ0v) is 16.3. The number of hydrogen-bond donors (Lipinski definition) is 0. The number of hydrogen-bond acceptors (Lipinski definition) is 3. The maximum absolute atomic E-state index is 13.8. The number of aryl methyl sites for hydroxylation is 1. The van der Waals surface area contributed by atoms with E-state index in [-0.39, 0.29) is 5.82 Å². The maximum Gasteiger partial charge on any atom is 0.126 e. The minimum atomic E-state index is -0.0763. The van der Waals surface area contributed by atoms with Crippen LogP contribution in [0.1, 0.15) is 29.7 Å². The minimum absolute atomic E-state index is 0.0763. The normalized spacial score (nSPS) is 18.6. The first-order chi connectivity index (χ1) is 12.5. The van der Waals surface area contributed by atoms with Crippen molar-refractivity contribution in [2.75, 3.05) is 33.2 Å². The van der Waals surface area contributed by atoms with Crippen LogP contribution < -0.4 is 0 Å². The van der Waals surface area contributed by atoms with Gasteiger partial charge >= 0.3 is 0 Å². The van der Waals surface area contributed by atoms with Gasteiger partial charge in [-0.05, 0) is 57.3 Å². The van der Waals surface area contributed by atoms with Gasteiger partial charge in [-0.25, -0.2) is 4.39 Å². The van der Waals surface area contributed by atoms with Gasteiger partial charge < -0.3 is 9.80 Å². The Morgan fingerprint density at radius 2 is 2.08 bits per heavy atom. The molecule has 26 heavy (non-hydrogen) atoms. The predicted octanol–water partition coefficient (Wildman–Crippen LogP) is 3.25. The molecule has 1 aromatic carbocycles. The van der Waals surface area contributed by atoms with Crippen molar-refractivity contribution in [3.05, 3.63) is 53.1 Å². The molecule has 1 aliphatic heterocycles. The lowest BCUT2D eigenvalue weighted by Crippen LogP contribution is -2.40. The summed E-state index contributed by atoms with van der Waals surface area (Å²) in [5.41, 5.74) is 3.38. The van der Waals surface area contributed by atoms with E-state index in [1.807, 2.05) is 30.1 Å². The number of halogens is 1. The van der Waals surface area contributed by atoms with E-state index in [1.54, 1.807) is 12.1 Å². The smallest absolute Gasteiger partial charge is 0.126 e. The van der Waals surface area contributed by atoms with Crippen LogP contribution in [0.2, 0.25) is 0 Å². The largest absolute Gasteiger partial charge is 0.303 e. The Bertz CT molecular complexity index is 712. The fourth-order valence-electron chi connectivity index (χ4n) is 3.98. The molecule has 0 saturated carbocycles. The van der Waals surface area contributed by atoms with Crippen LogP contribution in [0.4, 0.5) is 4.39 Å². The van der Waals surface area contributed by atoms with Gasteiger partial charge in [-0.1, -0.05) is 18.2 Å². The molecule has 2 heterocycles. The number of rotatable bonds is 7. The van der Waals surface area contributed by atoms with Gasteiger partial charge in [-0.15, -0.1) is 0 Å². The van der Waals surface area contributed by atoms with Crippen LogP contribution in [0, 0.1) is 18.7 Å². The molecule has 0 bridgehead atoms. The van der Waals surface area contributed by atoms with Crippen molar-refractivity contribution in [3.8, 4) is 0 Å². The third kappa shape index (κ3) is 4.92. The van der Waals surface area contributed by atoms with E-state index in [0.29, 0.717) is 5.92 Å². The third-order valence-electron chi connectivity index (χ3n) is 5.61. The van der Waals surface area contributed by atoms with Crippen molar-refractivity contribution in [1.29, 1.82) is 0 Å². The summed E-state index contributed by atoms with van der Waals surface area (Å²) >= 11 is 0. The Morgan fingerprint density at radius 3 is 2.81 bits per heavy atom. The number of aromatic nitrogens is 2. The highest BCUT2D eigenvalue weighted by Crippen LogP contribution is 2.19. The monoisotopic (exact) mass is 358 g/mol. The molecule has 1 fully saturated rings. The first-order valence-electron chi connectivity index (χ1n) is 9.64. The van der Waals surface area contributed by atoms with E-state index < -0.39 is 0 Å². The molecule has 0 radical (unpaired) electrons. The number of nitrogens with zero attached hydrogens (tertiary/aromatic N) is 4. The van der Waals surface area contributed by atoms with Crippen LogP contribution in [0.25, 0.3) is 0 Å². The summed E-state index contributed by atoms with van der Waals surface area (Å²) in [5.74, 6) is 0.610. The lowest BCUT2D eigenvalue weighted by atomic mass is 9.97. The van der Waals surface area contributed by atoms with Crippen LogP contribution in [0.3, 0.4) is 0 Å². The molecule has 0 spiro atoms. The highest BCUT2D eigenvalue weighted by molar-refractivity contribution is 5.17. The van der Waals surface area contributed by atoms with Gasteiger partial charge in [0.2, 0.25) is 0 Å². The molecule has 2 aromatic rings. The maximum atomic E-state index is 13.8. The molecule has 1 saturated heterocycles. The zero-order valence-electron chi connectivity index (χ0n) is 16.3. The molecule has 1 aromatic heterocycles. The van der Waals surface area contributed by atoms with Crippen LogP contribution in [-0.4, -0.2) is 52.8 Å². The molecule has 0 amide bonds. The molecule has 142 valence electrons. The van der Waals surface area contributed by atoms with Gasteiger partial charge in [0, 0.05) is 44.5 Å². The fourth-order valence-corrected chi connectivity index (χ4v) is 3.98. The van der Waals surface area contributed by atoms with Crippen molar-refractivity contribution >= 4 is 0 Å². The molecule has 1 atom stereocenters. The van der Waals surface area contributed by atoms with E-state index in [9.17, 15) is 4.39 Å². The zero-order chi connectivity index (χ0) is 18.5. The summed E-state index contributed by atoms with van der Waals surface area (Å²) in [6, 6.07) is 7.15. The summed E-state index contributed by atoms with van der Waals surface area (Å²) < 4.78 is 15.7. The van der Waals surface area contributed by atoms with Gasteiger partial charge in [0.1, 0.15) is 5.82 Å². The second kappa shape index (κ2) is 8.78. The van der Waals surface area contributed by atoms with E-state index >= 15 is 0 Å². The van der Waals surface area contributed by atoms with E-state index in [1.165, 1.54) is 24.1 Å². The van der Waals surface area contributed by atoms with E-state index in [2.05, 4.69) is 28.9 Å². The number of piperidine rings is 1. The van der Waals surface area contributed by atoms with E-state index in [4.69, 9.17) is 0 Å². The lowest BCUT2D eigenvalue weighted by Gasteiger charge is -2.34. The van der Waals surface area contributed by atoms with Crippen molar-refractivity contribution in [1.82, 2.24) is 19.6 Å². The Hall–Kier alpha value is -1.72. The second-order valence-electron chi connectivity index (χ2n) is 7.73. The average molecular weight is 359 g/mol. The first-order valence-corrected chi connectivity index (χ1v) is 9.64. The Morgan fingerprint density at radius 1 is 1.27 bits per heavy atom. The molecule has 3 rings (SSSR count). The highest BCUT2D eigenvalue weighted by Gasteiger charge is 2.21. The second-order valence-corrected chi connectivity index (χ2v) is 7.73. The Labute approximate surface area is 156 Å².